The standard InChI is InChI=1S/2C26H32ClFN6O4S/c2*1-33(2)23-14-29-9-7-21(23)32-22-13-20(28)25(12-19(22)27)39(35,36)34(26-8-10-30-16-31-26)15-17-5-6-18(37-3)11-24(17)38-4/h2*5-6,8,10-13,16,21,23,29,32H,7,9,14-15H2,1-4H3/t2*21-,23-/m10/s1. The number of methoxy groups -OCH3 is 4. The zero-order valence-corrected chi connectivity index (χ0v) is 47.5. The molecule has 2 saturated heterocycles. The summed E-state index contributed by atoms with van der Waals surface area (Å²) < 4.78 is 110. The molecule has 0 radical (unpaired) electrons. The van der Waals surface area contributed by atoms with E-state index in [-0.39, 0.29) is 58.9 Å². The Bertz CT molecular complexity index is 3010. The van der Waals surface area contributed by atoms with Crippen molar-refractivity contribution >= 4 is 66.3 Å². The van der Waals surface area contributed by atoms with E-state index in [9.17, 15) is 16.8 Å². The average molecular weight is 1160 g/mol. The lowest BCUT2D eigenvalue weighted by atomic mass is 9.99. The Balaban J connectivity index is 0.000000226. The highest BCUT2D eigenvalue weighted by Crippen LogP contribution is 2.37. The van der Waals surface area contributed by atoms with E-state index in [0.717, 1.165) is 71.9 Å². The topological polar surface area (TPSA) is 218 Å². The number of likely N-dealkylation sites (N-methyl/N-ethyl adjacent to an activating group) is 2. The zero-order chi connectivity index (χ0) is 56.3. The van der Waals surface area contributed by atoms with Crippen molar-refractivity contribution in [3.8, 4) is 23.0 Å². The smallest absolute Gasteiger partial charge is 0.268 e. The summed E-state index contributed by atoms with van der Waals surface area (Å²) in [6.07, 6.45) is 6.86. The number of anilines is 4. The summed E-state index contributed by atoms with van der Waals surface area (Å²) in [5.41, 5.74) is 1.70. The molecule has 0 aliphatic carbocycles. The number of hydrogen-bond acceptors (Lipinski definition) is 18. The van der Waals surface area contributed by atoms with Crippen molar-refractivity contribution < 1.29 is 44.6 Å². The van der Waals surface area contributed by atoms with Crippen LogP contribution >= 0.6 is 23.2 Å². The Morgan fingerprint density at radius 3 is 1.32 bits per heavy atom. The number of aromatic nitrogens is 4. The van der Waals surface area contributed by atoms with E-state index in [1.165, 1.54) is 65.6 Å². The molecule has 2 aliphatic heterocycles. The first-order valence-corrected chi connectivity index (χ1v) is 28.2. The minimum absolute atomic E-state index is 0.000612. The van der Waals surface area contributed by atoms with E-state index in [4.69, 9.17) is 42.1 Å². The number of piperidine rings is 2. The maximum atomic E-state index is 15.6. The molecule has 4 atom stereocenters. The SMILES string of the molecule is COc1ccc(CN(c2ccncn2)S(=O)(=O)c2cc(Cl)c(N[C@@H]3CCNC[C@H]3N(C)C)cc2F)c(OC)c1.COc1ccc(CN(c2ccncn2)S(=O)(=O)c2cc(Cl)c(N[C@H]3CCNC[C@@H]3N(C)C)cc2F)c(OC)c1. The molecule has 78 heavy (non-hydrogen) atoms. The van der Waals surface area contributed by atoms with Gasteiger partial charge in [-0.2, -0.15) is 0 Å². The predicted molar refractivity (Wildman–Crippen MR) is 297 cm³/mol. The van der Waals surface area contributed by atoms with Gasteiger partial charge in [-0.3, -0.25) is 0 Å². The van der Waals surface area contributed by atoms with E-state index in [1.807, 2.05) is 28.2 Å². The molecular formula is C52H64Cl2F2N12O8S2. The van der Waals surface area contributed by atoms with Gasteiger partial charge in [0.05, 0.1) is 62.9 Å². The Hall–Kier alpha value is -6.38. The zero-order valence-electron chi connectivity index (χ0n) is 44.4. The third-order valence-electron chi connectivity index (χ3n) is 13.3. The van der Waals surface area contributed by atoms with Crippen LogP contribution in [0.1, 0.15) is 24.0 Å². The molecule has 2 aliphatic rings. The normalized spacial score (nSPS) is 17.6. The monoisotopic (exact) mass is 1160 g/mol. The highest BCUT2D eigenvalue weighted by molar-refractivity contribution is 7.93. The van der Waals surface area contributed by atoms with Crippen LogP contribution in [-0.2, 0) is 33.1 Å². The predicted octanol–water partition coefficient (Wildman–Crippen LogP) is 6.77. The average Bonchev–Trinajstić information content (AvgIpc) is 3.47. The minimum atomic E-state index is -4.47. The van der Waals surface area contributed by atoms with E-state index in [0.29, 0.717) is 45.5 Å². The molecule has 4 heterocycles. The highest BCUT2D eigenvalue weighted by Gasteiger charge is 2.35. The lowest BCUT2D eigenvalue weighted by Crippen LogP contribution is -2.54. The second kappa shape index (κ2) is 26.5. The fourth-order valence-electron chi connectivity index (χ4n) is 9.13. The number of halogens is 4. The van der Waals surface area contributed by atoms with Gasteiger partial charge in [0.2, 0.25) is 0 Å². The molecule has 0 amide bonds. The van der Waals surface area contributed by atoms with Crippen molar-refractivity contribution in [3.05, 3.63) is 131 Å². The Morgan fingerprint density at radius 1 is 0.590 bits per heavy atom. The van der Waals surface area contributed by atoms with Gasteiger partial charge in [0, 0.05) is 85.0 Å². The number of ether oxygens (including phenoxy) is 4. The number of nitrogens with zero attached hydrogens (tertiary/aromatic N) is 8. The molecule has 0 unspecified atom stereocenters. The Labute approximate surface area is 464 Å². The molecule has 2 fully saturated rings. The number of sulfonamides is 2. The summed E-state index contributed by atoms with van der Waals surface area (Å²) in [5, 5.41) is 13.5. The van der Waals surface area contributed by atoms with E-state index in [2.05, 4.69) is 51.0 Å². The van der Waals surface area contributed by atoms with Crippen molar-refractivity contribution in [3.63, 3.8) is 0 Å². The van der Waals surface area contributed by atoms with E-state index < -0.39 is 41.5 Å². The maximum absolute atomic E-state index is 15.6. The summed E-state index contributed by atoms with van der Waals surface area (Å²) >= 11 is 13.1. The van der Waals surface area contributed by atoms with Crippen LogP contribution in [0.5, 0.6) is 23.0 Å². The summed E-state index contributed by atoms with van der Waals surface area (Å²) in [6.45, 7) is 2.75. The van der Waals surface area contributed by atoms with Gasteiger partial charge in [0.15, 0.2) is 0 Å². The fraction of sp³-hybridized carbons (Fsp3) is 0.385. The Kier molecular flexibility index (Phi) is 20.2. The van der Waals surface area contributed by atoms with Crippen molar-refractivity contribution in [2.45, 2.75) is 59.9 Å². The van der Waals surface area contributed by atoms with E-state index >= 15 is 8.78 Å². The fourth-order valence-corrected chi connectivity index (χ4v) is 12.6. The van der Waals surface area contributed by atoms with Crippen LogP contribution in [0.2, 0.25) is 10.0 Å². The van der Waals surface area contributed by atoms with Crippen molar-refractivity contribution in [1.82, 2.24) is 40.4 Å². The van der Waals surface area contributed by atoms with Gasteiger partial charge >= 0.3 is 0 Å². The molecule has 26 heteroatoms. The van der Waals surface area contributed by atoms with Crippen molar-refractivity contribution in [2.75, 3.05) is 102 Å². The second-order valence-electron chi connectivity index (χ2n) is 18.6. The summed E-state index contributed by atoms with van der Waals surface area (Å²) in [5.74, 6) is 0.138. The number of benzene rings is 4. The van der Waals surface area contributed by atoms with Gasteiger partial charge in [-0.25, -0.2) is 54.2 Å². The summed E-state index contributed by atoms with van der Waals surface area (Å²) in [7, 11) is 4.94. The first kappa shape index (κ1) is 59.3. The molecule has 6 aromatic rings. The van der Waals surface area contributed by atoms with Crippen molar-refractivity contribution in [2.24, 2.45) is 0 Å². The molecule has 420 valence electrons. The van der Waals surface area contributed by atoms with Crippen LogP contribution in [0.15, 0.2) is 108 Å². The van der Waals surface area contributed by atoms with Crippen LogP contribution in [-0.4, -0.2) is 154 Å². The van der Waals surface area contributed by atoms with Crippen LogP contribution in [0.4, 0.5) is 31.8 Å². The molecule has 0 bridgehead atoms. The minimum Gasteiger partial charge on any atom is -0.497 e. The maximum Gasteiger partial charge on any atom is 0.268 e. The molecule has 0 saturated carbocycles. The molecule has 4 aromatic carbocycles. The van der Waals surface area contributed by atoms with Gasteiger partial charge < -0.3 is 50.0 Å². The highest BCUT2D eigenvalue weighted by atomic mass is 35.5. The van der Waals surface area contributed by atoms with Crippen LogP contribution in [0, 0.1) is 11.6 Å². The van der Waals surface area contributed by atoms with Crippen LogP contribution in [0.3, 0.4) is 0 Å². The van der Waals surface area contributed by atoms with Gasteiger partial charge in [-0.1, -0.05) is 23.2 Å². The molecule has 20 nitrogen and oxygen atoms in total. The third kappa shape index (κ3) is 13.9. The number of hydrogen-bond donors (Lipinski definition) is 4. The lowest BCUT2D eigenvalue weighted by Gasteiger charge is -2.37. The first-order valence-electron chi connectivity index (χ1n) is 24.6. The van der Waals surface area contributed by atoms with Crippen LogP contribution < -0.4 is 48.8 Å². The molecular weight excluding hydrogens is 1090 g/mol. The largest absolute Gasteiger partial charge is 0.497 e. The van der Waals surface area contributed by atoms with Gasteiger partial charge in [-0.05, 0) is 103 Å². The first-order chi connectivity index (χ1) is 37.3. The van der Waals surface area contributed by atoms with Crippen molar-refractivity contribution in [1.29, 1.82) is 0 Å². The molecule has 4 N–H and O–H groups in total. The molecule has 0 spiro atoms. The number of nitrogens with one attached hydrogen (secondary N) is 4. The van der Waals surface area contributed by atoms with Crippen LogP contribution in [0.25, 0.3) is 0 Å². The summed E-state index contributed by atoms with van der Waals surface area (Å²) in [4.78, 5) is 19.0. The summed E-state index contributed by atoms with van der Waals surface area (Å²) in [6, 6.07) is 17.7. The molecule has 2 aromatic heterocycles. The Morgan fingerprint density at radius 2 is 0.987 bits per heavy atom. The third-order valence-corrected chi connectivity index (χ3v) is 17.5. The van der Waals surface area contributed by atoms with Gasteiger partial charge in [0.25, 0.3) is 20.0 Å². The van der Waals surface area contributed by atoms with Gasteiger partial charge in [0.1, 0.15) is 68.7 Å². The quantitative estimate of drug-likeness (QED) is 0.0620. The van der Waals surface area contributed by atoms with E-state index in [1.54, 1.807) is 36.4 Å². The number of rotatable bonds is 20. The second-order valence-corrected chi connectivity index (χ2v) is 23.1. The lowest BCUT2D eigenvalue weighted by molar-refractivity contribution is 0.224. The molecule has 8 rings (SSSR count). The van der Waals surface area contributed by atoms with Gasteiger partial charge in [-0.15, -0.1) is 0 Å².